The molecule has 1 N–H and O–H groups in total. The largest absolute Gasteiger partial charge is 0.497 e. The highest BCUT2D eigenvalue weighted by Crippen LogP contribution is 2.22. The Morgan fingerprint density at radius 2 is 1.70 bits per heavy atom. The van der Waals surface area contributed by atoms with Gasteiger partial charge in [-0.05, 0) is 36.2 Å². The van der Waals surface area contributed by atoms with Crippen molar-refractivity contribution in [2.45, 2.75) is 13.5 Å². The molecule has 0 atom stereocenters. The number of aryl methyl sites for hydroxylation is 1. The third kappa shape index (κ3) is 4.92. The molecule has 0 aliphatic heterocycles. The van der Waals surface area contributed by atoms with Gasteiger partial charge in [-0.1, -0.05) is 18.2 Å². The minimum atomic E-state index is -0.185. The van der Waals surface area contributed by atoms with E-state index in [1.807, 2.05) is 43.3 Å². The van der Waals surface area contributed by atoms with Crippen molar-refractivity contribution in [3.8, 4) is 17.2 Å². The number of para-hydroxylation sites is 1. The number of benzene rings is 2. The monoisotopic (exact) mass is 315 g/mol. The maximum absolute atomic E-state index is 11.9. The fourth-order valence-corrected chi connectivity index (χ4v) is 2.08. The molecule has 122 valence electrons. The number of carbonyl (C=O) groups excluding carboxylic acids is 1. The van der Waals surface area contributed by atoms with Gasteiger partial charge in [0, 0.05) is 12.6 Å². The molecule has 2 rings (SSSR count). The van der Waals surface area contributed by atoms with Crippen molar-refractivity contribution >= 4 is 5.91 Å². The van der Waals surface area contributed by atoms with E-state index in [1.165, 1.54) is 0 Å². The Kier molecular flexibility index (Phi) is 5.86. The number of nitrogens with one attached hydrogen (secondary N) is 1. The number of hydrogen-bond donors (Lipinski definition) is 1. The second-order valence-electron chi connectivity index (χ2n) is 5.05. The van der Waals surface area contributed by atoms with Gasteiger partial charge in [0.2, 0.25) is 0 Å². The second kappa shape index (κ2) is 8.08. The van der Waals surface area contributed by atoms with E-state index in [0.717, 1.165) is 11.1 Å². The van der Waals surface area contributed by atoms with E-state index < -0.39 is 0 Å². The Morgan fingerprint density at radius 3 is 2.30 bits per heavy atom. The van der Waals surface area contributed by atoms with Gasteiger partial charge in [0.25, 0.3) is 5.91 Å². The minimum Gasteiger partial charge on any atom is -0.497 e. The quantitative estimate of drug-likeness (QED) is 0.853. The van der Waals surface area contributed by atoms with Crippen LogP contribution in [0.25, 0.3) is 0 Å². The molecule has 0 spiro atoms. The van der Waals surface area contributed by atoms with Crippen molar-refractivity contribution in [2.75, 3.05) is 20.8 Å². The van der Waals surface area contributed by atoms with Crippen molar-refractivity contribution < 1.29 is 19.0 Å². The predicted molar refractivity (Wildman–Crippen MR) is 88.1 cm³/mol. The molecule has 0 unspecified atom stereocenters. The zero-order chi connectivity index (χ0) is 16.7. The zero-order valence-electron chi connectivity index (χ0n) is 13.6. The van der Waals surface area contributed by atoms with Gasteiger partial charge < -0.3 is 19.5 Å². The van der Waals surface area contributed by atoms with Crippen molar-refractivity contribution in [3.63, 3.8) is 0 Å². The van der Waals surface area contributed by atoms with E-state index in [-0.39, 0.29) is 12.5 Å². The number of amides is 1. The van der Waals surface area contributed by atoms with E-state index in [4.69, 9.17) is 14.2 Å². The highest BCUT2D eigenvalue weighted by atomic mass is 16.5. The first-order valence-corrected chi connectivity index (χ1v) is 7.29. The van der Waals surface area contributed by atoms with Crippen molar-refractivity contribution in [1.82, 2.24) is 5.32 Å². The highest BCUT2D eigenvalue weighted by Gasteiger charge is 2.06. The summed E-state index contributed by atoms with van der Waals surface area (Å²) >= 11 is 0. The van der Waals surface area contributed by atoms with Crippen LogP contribution in [0.5, 0.6) is 17.2 Å². The lowest BCUT2D eigenvalue weighted by atomic mass is 10.2. The van der Waals surface area contributed by atoms with Crippen LogP contribution in [0.15, 0.2) is 42.5 Å². The molecule has 5 nitrogen and oxygen atoms in total. The lowest BCUT2D eigenvalue weighted by molar-refractivity contribution is -0.123. The molecular weight excluding hydrogens is 294 g/mol. The summed E-state index contributed by atoms with van der Waals surface area (Å²) in [5.74, 6) is 1.90. The normalized spacial score (nSPS) is 10.0. The summed E-state index contributed by atoms with van der Waals surface area (Å²) < 4.78 is 15.9. The fourth-order valence-electron chi connectivity index (χ4n) is 2.08. The molecule has 0 saturated heterocycles. The van der Waals surface area contributed by atoms with Crippen LogP contribution in [-0.4, -0.2) is 26.7 Å². The smallest absolute Gasteiger partial charge is 0.258 e. The van der Waals surface area contributed by atoms with Crippen LogP contribution in [-0.2, 0) is 11.3 Å². The molecule has 2 aromatic carbocycles. The van der Waals surface area contributed by atoms with Crippen LogP contribution < -0.4 is 19.5 Å². The maximum atomic E-state index is 11.9. The average molecular weight is 315 g/mol. The lowest BCUT2D eigenvalue weighted by Crippen LogP contribution is -2.28. The number of carbonyl (C=O) groups is 1. The second-order valence-corrected chi connectivity index (χ2v) is 5.05. The van der Waals surface area contributed by atoms with Crippen molar-refractivity contribution in [2.24, 2.45) is 0 Å². The third-order valence-corrected chi connectivity index (χ3v) is 3.35. The van der Waals surface area contributed by atoms with Crippen molar-refractivity contribution in [3.05, 3.63) is 53.6 Å². The van der Waals surface area contributed by atoms with Crippen LogP contribution in [0, 0.1) is 6.92 Å². The first kappa shape index (κ1) is 16.7. The van der Waals surface area contributed by atoms with Crippen molar-refractivity contribution in [1.29, 1.82) is 0 Å². The van der Waals surface area contributed by atoms with E-state index >= 15 is 0 Å². The number of methoxy groups -OCH3 is 2. The Bertz CT molecular complexity index is 648. The summed E-state index contributed by atoms with van der Waals surface area (Å²) in [6.45, 7) is 2.30. The first-order valence-electron chi connectivity index (χ1n) is 7.29. The number of hydrogen-bond acceptors (Lipinski definition) is 4. The van der Waals surface area contributed by atoms with Crippen LogP contribution in [0.4, 0.5) is 0 Å². The topological polar surface area (TPSA) is 56.8 Å². The molecule has 0 heterocycles. The summed E-state index contributed by atoms with van der Waals surface area (Å²) in [4.78, 5) is 11.9. The number of rotatable bonds is 7. The Balaban J connectivity index is 1.88. The molecule has 0 aromatic heterocycles. The molecule has 5 heteroatoms. The van der Waals surface area contributed by atoms with E-state index in [1.54, 1.807) is 20.3 Å². The van der Waals surface area contributed by atoms with Gasteiger partial charge in [-0.25, -0.2) is 0 Å². The van der Waals surface area contributed by atoms with Gasteiger partial charge in [-0.15, -0.1) is 0 Å². The lowest BCUT2D eigenvalue weighted by Gasteiger charge is -2.11. The van der Waals surface area contributed by atoms with E-state index in [0.29, 0.717) is 23.8 Å². The first-order chi connectivity index (χ1) is 11.1. The highest BCUT2D eigenvalue weighted by molar-refractivity contribution is 5.77. The van der Waals surface area contributed by atoms with E-state index in [9.17, 15) is 4.79 Å². The van der Waals surface area contributed by atoms with Crippen LogP contribution in [0.2, 0.25) is 0 Å². The summed E-state index contributed by atoms with van der Waals surface area (Å²) in [5.41, 5.74) is 1.89. The SMILES string of the molecule is COc1cc(CNC(=O)COc2ccccc2C)cc(OC)c1. The number of ether oxygens (including phenoxy) is 3. The molecule has 0 radical (unpaired) electrons. The molecule has 0 aliphatic rings. The van der Waals surface area contributed by atoms with Gasteiger partial charge in [-0.2, -0.15) is 0 Å². The molecule has 0 saturated carbocycles. The standard InChI is InChI=1S/C18H21NO4/c1-13-6-4-5-7-17(13)23-12-18(20)19-11-14-8-15(21-2)10-16(9-14)22-3/h4-10H,11-12H2,1-3H3,(H,19,20). The predicted octanol–water partition coefficient (Wildman–Crippen LogP) is 2.71. The summed E-state index contributed by atoms with van der Waals surface area (Å²) in [6.07, 6.45) is 0. The van der Waals surface area contributed by atoms with Crippen LogP contribution in [0.1, 0.15) is 11.1 Å². The summed E-state index contributed by atoms with van der Waals surface area (Å²) in [5, 5.41) is 2.82. The van der Waals surface area contributed by atoms with Crippen LogP contribution >= 0.6 is 0 Å². The molecule has 23 heavy (non-hydrogen) atoms. The van der Waals surface area contributed by atoms with Gasteiger partial charge in [0.05, 0.1) is 14.2 Å². The molecule has 0 bridgehead atoms. The van der Waals surface area contributed by atoms with E-state index in [2.05, 4.69) is 5.32 Å². The Hall–Kier alpha value is -2.69. The molecule has 2 aromatic rings. The third-order valence-electron chi connectivity index (χ3n) is 3.35. The van der Waals surface area contributed by atoms with Gasteiger partial charge in [0.15, 0.2) is 6.61 Å². The van der Waals surface area contributed by atoms with Gasteiger partial charge in [0.1, 0.15) is 17.2 Å². The molecule has 0 fully saturated rings. The average Bonchev–Trinajstić information content (AvgIpc) is 2.58. The van der Waals surface area contributed by atoms with Gasteiger partial charge >= 0.3 is 0 Å². The molecule has 1 amide bonds. The Morgan fingerprint density at radius 1 is 1.04 bits per heavy atom. The fraction of sp³-hybridized carbons (Fsp3) is 0.278. The summed E-state index contributed by atoms with van der Waals surface area (Å²) in [7, 11) is 3.18. The van der Waals surface area contributed by atoms with Gasteiger partial charge in [-0.3, -0.25) is 4.79 Å². The van der Waals surface area contributed by atoms with Crippen LogP contribution in [0.3, 0.4) is 0 Å². The zero-order valence-corrected chi connectivity index (χ0v) is 13.6. The molecule has 0 aliphatic carbocycles. The summed E-state index contributed by atoms with van der Waals surface area (Å²) in [6, 6.07) is 13.1. The minimum absolute atomic E-state index is 0.0219. The molecular formula is C18H21NO4. The maximum Gasteiger partial charge on any atom is 0.258 e. The Labute approximate surface area is 136 Å².